The molecular weight excluding hydrogens is 610 g/mol. The summed E-state index contributed by atoms with van der Waals surface area (Å²) in [6, 6.07) is 22.7. The summed E-state index contributed by atoms with van der Waals surface area (Å²) in [6.45, 7) is 5.35. The van der Waals surface area contributed by atoms with Crippen molar-refractivity contribution in [3.63, 3.8) is 0 Å². The number of hydrogen-bond donors (Lipinski definition) is 0. The van der Waals surface area contributed by atoms with Crippen LogP contribution < -0.4 is 9.64 Å². The third-order valence-electron chi connectivity index (χ3n) is 8.03. The zero-order valence-electron chi connectivity index (χ0n) is 25.2. The van der Waals surface area contributed by atoms with Crippen LogP contribution in [0.3, 0.4) is 0 Å². The first-order chi connectivity index (χ1) is 21.9. The average molecular weight is 644 g/mol. The van der Waals surface area contributed by atoms with E-state index in [1.165, 1.54) is 11.3 Å². The van der Waals surface area contributed by atoms with Gasteiger partial charge >= 0.3 is 0 Å². The van der Waals surface area contributed by atoms with Crippen LogP contribution >= 0.6 is 22.9 Å². The number of para-hydroxylation sites is 2. The third-order valence-corrected chi connectivity index (χ3v) is 9.16. The summed E-state index contributed by atoms with van der Waals surface area (Å²) >= 11 is 7.75. The second-order valence-corrected chi connectivity index (χ2v) is 12.2. The molecule has 3 aromatic heterocycles. The smallest absolute Gasteiger partial charge is 0.255 e. The number of ether oxygens (including phenoxy) is 1. The van der Waals surface area contributed by atoms with Crippen molar-refractivity contribution in [2.75, 3.05) is 44.7 Å². The average Bonchev–Trinajstić information content (AvgIpc) is 3.83. The molecule has 11 heteroatoms. The first-order valence-corrected chi connectivity index (χ1v) is 16.0. The first kappa shape index (κ1) is 30.6. The van der Waals surface area contributed by atoms with Gasteiger partial charge in [0.2, 0.25) is 5.91 Å². The topological polar surface area (TPSA) is 84.0 Å². The van der Waals surface area contributed by atoms with Crippen LogP contribution in [0.25, 0.3) is 11.4 Å². The Morgan fingerprint density at radius 1 is 1.02 bits per heavy atom. The highest BCUT2D eigenvalue weighted by Crippen LogP contribution is 2.31. The van der Waals surface area contributed by atoms with Crippen molar-refractivity contribution in [3.8, 4) is 17.1 Å². The Kier molecular flexibility index (Phi) is 9.34. The van der Waals surface area contributed by atoms with Gasteiger partial charge < -0.3 is 23.5 Å². The molecule has 1 fully saturated rings. The van der Waals surface area contributed by atoms with Crippen LogP contribution in [-0.4, -0.2) is 70.9 Å². The number of likely N-dealkylation sites (N-methyl/N-ethyl adjacent to an activating group) is 1. The van der Waals surface area contributed by atoms with Crippen LogP contribution in [0.2, 0.25) is 5.02 Å². The Balaban J connectivity index is 1.15. The fraction of sp³-hybridized carbons (Fsp3) is 0.265. The lowest BCUT2D eigenvalue weighted by Crippen LogP contribution is -2.51. The van der Waals surface area contributed by atoms with Gasteiger partial charge in [-0.15, -0.1) is 11.3 Å². The number of rotatable bonds is 10. The number of carbonyl (C=O) groups excluding carboxylic acids is 2. The number of furan rings is 1. The Bertz CT molecular complexity index is 1760. The molecule has 4 heterocycles. The van der Waals surface area contributed by atoms with Gasteiger partial charge in [-0.05, 0) is 49.4 Å². The van der Waals surface area contributed by atoms with Gasteiger partial charge in [0.15, 0.2) is 0 Å². The lowest BCUT2D eigenvalue weighted by Gasteiger charge is -2.35. The third kappa shape index (κ3) is 6.98. The molecule has 0 radical (unpaired) electrons. The van der Waals surface area contributed by atoms with Crippen molar-refractivity contribution >= 4 is 40.4 Å². The second kappa shape index (κ2) is 13.7. The van der Waals surface area contributed by atoms with E-state index in [1.54, 1.807) is 24.3 Å². The maximum atomic E-state index is 13.9. The van der Waals surface area contributed by atoms with Gasteiger partial charge in [-0.2, -0.15) is 0 Å². The number of benzene rings is 2. The summed E-state index contributed by atoms with van der Waals surface area (Å²) in [5.74, 6) is 1.38. The zero-order chi connectivity index (χ0) is 31.3. The minimum atomic E-state index is -0.0307. The highest BCUT2D eigenvalue weighted by atomic mass is 35.5. The normalized spacial score (nSPS) is 13.6. The molecular formula is C34H34ClN5O4S. The lowest BCUT2D eigenvalue weighted by atomic mass is 10.2. The van der Waals surface area contributed by atoms with Crippen molar-refractivity contribution in [2.45, 2.75) is 20.1 Å². The quantitative estimate of drug-likeness (QED) is 0.180. The minimum Gasteiger partial charge on any atom is -0.485 e. The van der Waals surface area contributed by atoms with E-state index in [0.717, 1.165) is 33.5 Å². The van der Waals surface area contributed by atoms with Crippen molar-refractivity contribution < 1.29 is 18.7 Å². The van der Waals surface area contributed by atoms with Crippen LogP contribution in [-0.2, 0) is 17.9 Å². The highest BCUT2D eigenvalue weighted by molar-refractivity contribution is 7.09. The summed E-state index contributed by atoms with van der Waals surface area (Å²) in [6.07, 6.45) is 1.65. The fourth-order valence-electron chi connectivity index (χ4n) is 5.40. The van der Waals surface area contributed by atoms with E-state index < -0.39 is 0 Å². The monoisotopic (exact) mass is 643 g/mol. The van der Waals surface area contributed by atoms with E-state index in [2.05, 4.69) is 9.47 Å². The van der Waals surface area contributed by atoms with Gasteiger partial charge in [-0.25, -0.2) is 4.98 Å². The Hall–Kier alpha value is -4.38. The molecule has 6 rings (SSSR count). The van der Waals surface area contributed by atoms with Crippen molar-refractivity contribution in [1.29, 1.82) is 0 Å². The number of anilines is 1. The number of amides is 2. The van der Waals surface area contributed by atoms with Gasteiger partial charge in [0.25, 0.3) is 5.91 Å². The van der Waals surface area contributed by atoms with E-state index in [-0.39, 0.29) is 18.4 Å². The summed E-state index contributed by atoms with van der Waals surface area (Å²) < 4.78 is 13.6. The fourth-order valence-corrected chi connectivity index (χ4v) is 6.29. The maximum Gasteiger partial charge on any atom is 0.255 e. The zero-order valence-corrected chi connectivity index (χ0v) is 26.8. The molecule has 0 unspecified atom stereocenters. The number of thiazole rings is 1. The van der Waals surface area contributed by atoms with Gasteiger partial charge in [-0.1, -0.05) is 41.9 Å². The van der Waals surface area contributed by atoms with Gasteiger partial charge in [0, 0.05) is 50.0 Å². The number of aromatic nitrogens is 2. The molecule has 1 aliphatic rings. The molecule has 45 heavy (non-hydrogen) atoms. The molecule has 0 N–H and O–H groups in total. The summed E-state index contributed by atoms with van der Waals surface area (Å²) in [5.41, 5.74) is 3.93. The molecule has 1 aliphatic heterocycles. The van der Waals surface area contributed by atoms with E-state index in [0.29, 0.717) is 55.6 Å². The number of piperazine rings is 1. The molecule has 2 aromatic carbocycles. The molecule has 0 bridgehead atoms. The summed E-state index contributed by atoms with van der Waals surface area (Å²) in [7, 11) is 1.79. The van der Waals surface area contributed by atoms with Crippen molar-refractivity contribution in [1.82, 2.24) is 19.4 Å². The molecule has 5 aromatic rings. The SMILES string of the molecule is Cc1c(C(=O)N2CCN(CC(=O)N(C)c3ccccc3)CC2)cc(-c2csc(COc3ccccc3Cl)n2)n1Cc1ccco1. The molecule has 232 valence electrons. The largest absolute Gasteiger partial charge is 0.485 e. The Labute approximate surface area is 271 Å². The Morgan fingerprint density at radius 2 is 1.78 bits per heavy atom. The van der Waals surface area contributed by atoms with E-state index in [9.17, 15) is 9.59 Å². The van der Waals surface area contributed by atoms with Gasteiger partial charge in [-0.3, -0.25) is 14.5 Å². The lowest BCUT2D eigenvalue weighted by molar-refractivity contribution is -0.119. The highest BCUT2D eigenvalue weighted by Gasteiger charge is 2.28. The maximum absolute atomic E-state index is 13.9. The number of carbonyl (C=O) groups is 2. The number of hydrogen-bond acceptors (Lipinski definition) is 7. The molecule has 2 amide bonds. The van der Waals surface area contributed by atoms with Gasteiger partial charge in [0.1, 0.15) is 23.1 Å². The molecule has 9 nitrogen and oxygen atoms in total. The molecule has 0 atom stereocenters. The molecule has 0 aliphatic carbocycles. The van der Waals surface area contributed by atoms with Crippen LogP contribution in [0.15, 0.2) is 88.9 Å². The number of halogens is 1. The van der Waals surface area contributed by atoms with E-state index in [4.69, 9.17) is 25.7 Å². The number of nitrogens with zero attached hydrogens (tertiary/aromatic N) is 5. The second-order valence-electron chi connectivity index (χ2n) is 10.9. The molecule has 0 spiro atoms. The molecule has 0 saturated carbocycles. The van der Waals surface area contributed by atoms with Crippen LogP contribution in [0, 0.1) is 6.92 Å². The van der Waals surface area contributed by atoms with Crippen molar-refractivity contribution in [2.24, 2.45) is 0 Å². The first-order valence-electron chi connectivity index (χ1n) is 14.7. The predicted molar refractivity (Wildman–Crippen MR) is 176 cm³/mol. The van der Waals surface area contributed by atoms with Gasteiger partial charge in [0.05, 0.1) is 41.3 Å². The Morgan fingerprint density at radius 3 is 2.51 bits per heavy atom. The summed E-state index contributed by atoms with van der Waals surface area (Å²) in [5, 5.41) is 3.33. The standard InChI is InChI=1S/C34H34ClN5O4S/c1-24-27(34(42)39-16-14-38(15-17-39)21-33(41)37(2)25-9-4-3-5-10-25)19-30(40(24)20-26-11-8-18-43-26)29-23-45-32(36-29)22-44-31-13-7-6-12-28(31)35/h3-13,18-19,23H,14-17,20-22H2,1-2H3. The minimum absolute atomic E-state index is 0.0244. The van der Waals surface area contributed by atoms with Crippen molar-refractivity contribution in [3.05, 3.63) is 111 Å². The van der Waals surface area contributed by atoms with Crippen LogP contribution in [0.1, 0.15) is 26.8 Å². The summed E-state index contributed by atoms with van der Waals surface area (Å²) in [4.78, 5) is 37.3. The van der Waals surface area contributed by atoms with E-state index >= 15 is 0 Å². The predicted octanol–water partition coefficient (Wildman–Crippen LogP) is 6.21. The van der Waals surface area contributed by atoms with E-state index in [1.807, 2.05) is 83.9 Å². The van der Waals surface area contributed by atoms with Crippen LogP contribution in [0.4, 0.5) is 5.69 Å². The van der Waals surface area contributed by atoms with Crippen LogP contribution in [0.5, 0.6) is 5.75 Å². The molecule has 1 saturated heterocycles.